The van der Waals surface area contributed by atoms with Crippen molar-refractivity contribution in [2.75, 3.05) is 48.0 Å². The highest BCUT2D eigenvalue weighted by molar-refractivity contribution is 5.68. The molecule has 0 aliphatic carbocycles. The molecule has 0 spiro atoms. The van der Waals surface area contributed by atoms with Gasteiger partial charge in [-0.2, -0.15) is 15.0 Å². The summed E-state index contributed by atoms with van der Waals surface area (Å²) in [5.41, 5.74) is 5.08. The Kier molecular flexibility index (Phi) is 7.86. The van der Waals surface area contributed by atoms with E-state index in [0.717, 1.165) is 26.2 Å². The van der Waals surface area contributed by atoms with Crippen molar-refractivity contribution in [3.8, 4) is 0 Å². The van der Waals surface area contributed by atoms with E-state index >= 15 is 0 Å². The van der Waals surface area contributed by atoms with Gasteiger partial charge in [0.2, 0.25) is 17.8 Å². The van der Waals surface area contributed by atoms with Gasteiger partial charge in [0, 0.05) is 26.2 Å². The summed E-state index contributed by atoms with van der Waals surface area (Å²) in [6.07, 6.45) is -0.582. The van der Waals surface area contributed by atoms with E-state index in [9.17, 15) is 4.79 Å². The second kappa shape index (κ2) is 9.65. The Morgan fingerprint density at radius 1 is 0.913 bits per heavy atom. The number of nitrogens with one attached hydrogen (secondary N) is 2. The number of ether oxygens (including phenoxy) is 1. The molecule has 9 nitrogen and oxygen atoms in total. The smallest absolute Gasteiger partial charge is 0.426 e. The first-order chi connectivity index (χ1) is 11.1. The highest BCUT2D eigenvalue weighted by Gasteiger charge is 2.14. The topological polar surface area (TPSA) is 95.5 Å². The number of rotatable bonds is 9. The minimum Gasteiger partial charge on any atom is -0.449 e. The van der Waals surface area contributed by atoms with E-state index < -0.39 is 6.09 Å². The first-order valence-electron chi connectivity index (χ1n) is 8.04. The van der Waals surface area contributed by atoms with Gasteiger partial charge in [-0.1, -0.05) is 0 Å². The molecule has 0 radical (unpaired) electrons. The lowest BCUT2D eigenvalue weighted by Gasteiger charge is -2.23. The Bertz CT molecular complexity index is 460. The molecular weight excluding hydrogens is 298 g/mol. The maximum absolute atomic E-state index is 11.4. The van der Waals surface area contributed by atoms with Gasteiger partial charge in [0.15, 0.2) is 0 Å². The van der Waals surface area contributed by atoms with E-state index in [1.807, 2.05) is 37.5 Å². The molecule has 1 rings (SSSR count). The third kappa shape index (κ3) is 5.42. The first kappa shape index (κ1) is 18.7. The zero-order valence-corrected chi connectivity index (χ0v) is 14.6. The minimum atomic E-state index is -0.582. The minimum absolute atomic E-state index is 0.275. The van der Waals surface area contributed by atoms with Gasteiger partial charge in [0.05, 0.1) is 6.61 Å². The van der Waals surface area contributed by atoms with Crippen LogP contribution in [0.15, 0.2) is 0 Å². The Balaban J connectivity index is 3.05. The number of amides is 1. The molecule has 0 bridgehead atoms. The summed E-state index contributed by atoms with van der Waals surface area (Å²) < 4.78 is 4.80. The zero-order chi connectivity index (χ0) is 17.2. The lowest BCUT2D eigenvalue weighted by molar-refractivity contribution is 0.154. The van der Waals surface area contributed by atoms with Crippen molar-refractivity contribution in [1.82, 2.24) is 20.4 Å². The second-order valence-electron chi connectivity index (χ2n) is 4.57. The fourth-order valence-electron chi connectivity index (χ4n) is 1.98. The number of carbonyl (C=O) groups is 1. The van der Waals surface area contributed by atoms with E-state index in [0.29, 0.717) is 18.5 Å². The molecule has 0 saturated heterocycles. The number of anilines is 3. The molecule has 130 valence electrons. The zero-order valence-electron chi connectivity index (χ0n) is 14.6. The van der Waals surface area contributed by atoms with Gasteiger partial charge in [0.1, 0.15) is 0 Å². The van der Waals surface area contributed by atoms with Crippen LogP contribution in [-0.2, 0) is 4.74 Å². The van der Waals surface area contributed by atoms with Gasteiger partial charge in [-0.25, -0.2) is 10.2 Å². The molecule has 9 heteroatoms. The van der Waals surface area contributed by atoms with Crippen LogP contribution in [0.3, 0.4) is 0 Å². The summed E-state index contributed by atoms with van der Waals surface area (Å²) in [5, 5.41) is 0. The number of hydrogen-bond donors (Lipinski definition) is 2. The van der Waals surface area contributed by atoms with Crippen LogP contribution < -0.4 is 20.7 Å². The van der Waals surface area contributed by atoms with Crippen LogP contribution in [0.25, 0.3) is 0 Å². The number of carbonyl (C=O) groups excluding carboxylic acids is 1. The Hall–Kier alpha value is -2.32. The number of hydrazine groups is 1. The molecule has 0 fully saturated rings. The monoisotopic (exact) mass is 325 g/mol. The fourth-order valence-corrected chi connectivity index (χ4v) is 1.98. The summed E-state index contributed by atoms with van der Waals surface area (Å²) >= 11 is 0. The maximum Gasteiger partial charge on any atom is 0.426 e. The van der Waals surface area contributed by atoms with Crippen molar-refractivity contribution < 1.29 is 9.53 Å². The average Bonchev–Trinajstić information content (AvgIpc) is 2.55. The van der Waals surface area contributed by atoms with Gasteiger partial charge in [0.25, 0.3) is 0 Å². The molecular formula is C14H27N7O2. The van der Waals surface area contributed by atoms with Crippen LogP contribution in [-0.4, -0.2) is 53.8 Å². The van der Waals surface area contributed by atoms with Crippen LogP contribution in [0, 0.1) is 0 Å². The van der Waals surface area contributed by atoms with Crippen LogP contribution in [0.1, 0.15) is 34.6 Å². The van der Waals surface area contributed by atoms with E-state index in [-0.39, 0.29) is 5.95 Å². The third-order valence-corrected chi connectivity index (χ3v) is 3.26. The third-order valence-electron chi connectivity index (χ3n) is 3.26. The van der Waals surface area contributed by atoms with Gasteiger partial charge in [-0.05, 0) is 34.6 Å². The Morgan fingerprint density at radius 2 is 1.39 bits per heavy atom. The lowest BCUT2D eigenvalue weighted by atomic mass is 10.5. The van der Waals surface area contributed by atoms with Crippen molar-refractivity contribution in [3.63, 3.8) is 0 Å². The van der Waals surface area contributed by atoms with Crippen molar-refractivity contribution in [2.24, 2.45) is 0 Å². The second-order valence-corrected chi connectivity index (χ2v) is 4.57. The van der Waals surface area contributed by atoms with Gasteiger partial charge >= 0.3 is 6.09 Å². The van der Waals surface area contributed by atoms with E-state index in [1.54, 1.807) is 6.92 Å². The number of aromatic nitrogens is 3. The highest BCUT2D eigenvalue weighted by Crippen LogP contribution is 2.16. The molecule has 23 heavy (non-hydrogen) atoms. The molecule has 0 unspecified atom stereocenters. The molecule has 0 saturated carbocycles. The van der Waals surface area contributed by atoms with Crippen molar-refractivity contribution in [3.05, 3.63) is 0 Å². The molecule has 0 aliphatic rings. The number of nitrogens with zero attached hydrogens (tertiary/aromatic N) is 5. The standard InChI is InChI=1S/C14H27N7O2/c1-6-20(7-2)12-15-11(18-19-14(22)23-10-5)16-13(17-12)21(8-3)9-4/h6-10H2,1-5H3,(H,19,22)(H,15,16,17,18). The van der Waals surface area contributed by atoms with Crippen molar-refractivity contribution in [2.45, 2.75) is 34.6 Å². The summed E-state index contributed by atoms with van der Waals surface area (Å²) in [6, 6.07) is 0. The van der Waals surface area contributed by atoms with Crippen molar-refractivity contribution in [1.29, 1.82) is 0 Å². The Labute approximate surface area is 137 Å². The molecule has 0 aliphatic heterocycles. The summed E-state index contributed by atoms with van der Waals surface area (Å²) in [7, 11) is 0. The van der Waals surface area contributed by atoms with E-state index in [1.165, 1.54) is 0 Å². The summed E-state index contributed by atoms with van der Waals surface area (Å²) in [5.74, 6) is 1.41. The SMILES string of the molecule is CCOC(=O)NNc1nc(N(CC)CC)nc(N(CC)CC)n1. The molecule has 0 aromatic carbocycles. The van der Waals surface area contributed by atoms with Crippen molar-refractivity contribution >= 4 is 23.9 Å². The van der Waals surface area contributed by atoms with E-state index in [2.05, 4.69) is 25.8 Å². The maximum atomic E-state index is 11.4. The molecule has 1 aromatic heterocycles. The quantitative estimate of drug-likeness (QED) is 0.662. The summed E-state index contributed by atoms with van der Waals surface area (Å²) in [4.78, 5) is 28.7. The van der Waals surface area contributed by atoms with Gasteiger partial charge < -0.3 is 14.5 Å². The predicted octanol–water partition coefficient (Wildman–Crippen LogP) is 1.64. The van der Waals surface area contributed by atoms with Crippen LogP contribution in [0.2, 0.25) is 0 Å². The average molecular weight is 325 g/mol. The molecule has 0 atom stereocenters. The lowest BCUT2D eigenvalue weighted by Crippen LogP contribution is -2.33. The Morgan fingerprint density at radius 3 is 1.78 bits per heavy atom. The van der Waals surface area contributed by atoms with Crippen LogP contribution >= 0.6 is 0 Å². The summed E-state index contributed by atoms with van der Waals surface area (Å²) in [6.45, 7) is 13.3. The number of hydrogen-bond acceptors (Lipinski definition) is 8. The van der Waals surface area contributed by atoms with Crippen LogP contribution in [0.4, 0.5) is 22.6 Å². The first-order valence-corrected chi connectivity index (χ1v) is 8.04. The highest BCUT2D eigenvalue weighted by atomic mass is 16.5. The van der Waals surface area contributed by atoms with Gasteiger partial charge in [-0.15, -0.1) is 0 Å². The molecule has 1 heterocycles. The van der Waals surface area contributed by atoms with Gasteiger partial charge in [-0.3, -0.25) is 5.43 Å². The molecule has 1 amide bonds. The largest absolute Gasteiger partial charge is 0.449 e. The fraction of sp³-hybridized carbons (Fsp3) is 0.714. The normalized spacial score (nSPS) is 10.1. The van der Waals surface area contributed by atoms with E-state index in [4.69, 9.17) is 4.74 Å². The van der Waals surface area contributed by atoms with Crippen LogP contribution in [0.5, 0.6) is 0 Å². The predicted molar refractivity (Wildman–Crippen MR) is 90.7 cm³/mol. The molecule has 2 N–H and O–H groups in total. The molecule has 1 aromatic rings.